The van der Waals surface area contributed by atoms with Gasteiger partial charge in [0.05, 0.1) is 0 Å². The van der Waals surface area contributed by atoms with Gasteiger partial charge in [-0.15, -0.1) is 0 Å². The quantitative estimate of drug-likeness (QED) is 0.726. The zero-order valence-corrected chi connectivity index (χ0v) is 13.8. The van der Waals surface area contributed by atoms with Crippen LogP contribution in [-0.2, 0) is 0 Å². The average Bonchev–Trinajstić information content (AvgIpc) is 3.37. The van der Waals surface area contributed by atoms with Gasteiger partial charge in [0, 0.05) is 46.1 Å². The fourth-order valence-electron chi connectivity index (χ4n) is 2.74. The van der Waals surface area contributed by atoms with Crippen LogP contribution >= 0.6 is 15.9 Å². The van der Waals surface area contributed by atoms with E-state index in [9.17, 15) is 13.6 Å². The number of hydrogen-bond donors (Lipinski definition) is 0. The molecule has 0 amide bonds. The van der Waals surface area contributed by atoms with Crippen LogP contribution in [0.1, 0.15) is 42.3 Å². The highest BCUT2D eigenvalue weighted by molar-refractivity contribution is 9.12. The van der Waals surface area contributed by atoms with Gasteiger partial charge in [-0.05, 0) is 47.5 Å². The highest BCUT2D eigenvalue weighted by atomic mass is 79.9. The normalized spacial score (nSPS) is 14.9. The molecule has 0 saturated heterocycles. The molecule has 1 saturated carbocycles. The maximum atomic E-state index is 14.2. The van der Waals surface area contributed by atoms with E-state index in [1.165, 1.54) is 0 Å². The van der Waals surface area contributed by atoms with Crippen LogP contribution in [0.4, 0.5) is 8.78 Å². The smallest absolute Gasteiger partial charge is 0.254 e. The van der Waals surface area contributed by atoms with E-state index < -0.39 is 17.6 Å². The van der Waals surface area contributed by atoms with Crippen LogP contribution in [-0.4, -0.2) is 4.57 Å². The fraction of sp³-hybridized carbons (Fsp3) is 0.278. The predicted octanol–water partition coefficient (Wildman–Crippen LogP) is 4.34. The van der Waals surface area contributed by atoms with Crippen molar-refractivity contribution in [1.29, 1.82) is 0 Å². The zero-order chi connectivity index (χ0) is 16.4. The van der Waals surface area contributed by atoms with Crippen molar-refractivity contribution in [3.8, 4) is 10.8 Å². The summed E-state index contributed by atoms with van der Waals surface area (Å²) in [5.74, 6) is 1.15. The number of aromatic nitrogens is 1. The molecule has 1 unspecified atom stereocenters. The van der Waals surface area contributed by atoms with Gasteiger partial charge in [0.25, 0.3) is 5.56 Å². The van der Waals surface area contributed by atoms with Crippen LogP contribution in [0.3, 0.4) is 0 Å². The van der Waals surface area contributed by atoms with Crippen LogP contribution in [0.15, 0.2) is 41.3 Å². The minimum absolute atomic E-state index is 0.153. The molecule has 3 rings (SSSR count). The topological polar surface area (TPSA) is 22.0 Å². The van der Waals surface area contributed by atoms with Gasteiger partial charge in [0.15, 0.2) is 0 Å². The summed E-state index contributed by atoms with van der Waals surface area (Å²) in [7, 11) is 0. The highest BCUT2D eigenvalue weighted by Gasteiger charge is 2.27. The highest BCUT2D eigenvalue weighted by Crippen LogP contribution is 2.34. The standard InChI is InChI=1S/C18H14BrF2NO/c19-9-1-3-14(16-11-12(20)5-8-17(16)21)15-4-2-10-22(18(15)23)13-6-7-13/h2,4-5,8,10-11,13-14H,3,6-7H2. The van der Waals surface area contributed by atoms with E-state index in [1.807, 2.05) is 0 Å². The van der Waals surface area contributed by atoms with E-state index >= 15 is 0 Å². The average molecular weight is 378 g/mol. The first kappa shape index (κ1) is 15.9. The molecule has 1 atom stereocenters. The summed E-state index contributed by atoms with van der Waals surface area (Å²) in [6.07, 6.45) is 3.93. The summed E-state index contributed by atoms with van der Waals surface area (Å²) in [6.45, 7) is 0. The largest absolute Gasteiger partial charge is 0.312 e. The second-order valence-electron chi connectivity index (χ2n) is 5.60. The van der Waals surface area contributed by atoms with E-state index in [4.69, 9.17) is 0 Å². The van der Waals surface area contributed by atoms with Crippen molar-refractivity contribution in [1.82, 2.24) is 4.57 Å². The maximum absolute atomic E-state index is 14.2. The number of halogens is 3. The summed E-state index contributed by atoms with van der Waals surface area (Å²) < 4.78 is 29.5. The molecule has 2 aromatic rings. The van der Waals surface area contributed by atoms with E-state index in [0.29, 0.717) is 5.56 Å². The molecule has 0 bridgehead atoms. The van der Waals surface area contributed by atoms with Crippen LogP contribution in [0.5, 0.6) is 0 Å². The number of hydrogen-bond acceptors (Lipinski definition) is 1. The molecule has 1 aromatic heterocycles. The molecule has 0 spiro atoms. The number of rotatable bonds is 4. The Morgan fingerprint density at radius 1 is 1.26 bits per heavy atom. The molecule has 1 aliphatic rings. The Bertz CT molecular complexity index is 846. The molecule has 5 heteroatoms. The molecule has 2 nitrogen and oxygen atoms in total. The van der Waals surface area contributed by atoms with Crippen molar-refractivity contribution in [3.63, 3.8) is 0 Å². The Hall–Kier alpha value is -1.93. The lowest BCUT2D eigenvalue weighted by Crippen LogP contribution is -2.25. The monoisotopic (exact) mass is 377 g/mol. The molecule has 23 heavy (non-hydrogen) atoms. The van der Waals surface area contributed by atoms with Gasteiger partial charge in [-0.1, -0.05) is 12.0 Å². The second kappa shape index (κ2) is 6.67. The molecule has 1 fully saturated rings. The van der Waals surface area contributed by atoms with Crippen molar-refractivity contribution in [2.45, 2.75) is 31.2 Å². The van der Waals surface area contributed by atoms with Crippen LogP contribution < -0.4 is 5.56 Å². The Morgan fingerprint density at radius 3 is 2.74 bits per heavy atom. The second-order valence-corrected chi connectivity index (χ2v) is 6.00. The molecule has 118 valence electrons. The van der Waals surface area contributed by atoms with Crippen LogP contribution in [0, 0.1) is 22.4 Å². The van der Waals surface area contributed by atoms with Crippen molar-refractivity contribution < 1.29 is 8.78 Å². The van der Waals surface area contributed by atoms with Gasteiger partial charge in [0.2, 0.25) is 0 Å². The van der Waals surface area contributed by atoms with Gasteiger partial charge in [-0.25, -0.2) is 8.78 Å². The first-order valence-electron chi connectivity index (χ1n) is 7.36. The first-order chi connectivity index (χ1) is 11.1. The summed E-state index contributed by atoms with van der Waals surface area (Å²) in [5.41, 5.74) is 0.449. The van der Waals surface area contributed by atoms with E-state index in [-0.39, 0.29) is 23.6 Å². The van der Waals surface area contributed by atoms with E-state index in [0.717, 1.165) is 31.0 Å². The van der Waals surface area contributed by atoms with Crippen LogP contribution in [0.2, 0.25) is 0 Å². The third-order valence-corrected chi connectivity index (χ3v) is 4.31. The minimum atomic E-state index is -0.602. The van der Waals surface area contributed by atoms with Gasteiger partial charge in [-0.2, -0.15) is 0 Å². The van der Waals surface area contributed by atoms with Gasteiger partial charge in [-0.3, -0.25) is 4.79 Å². The lowest BCUT2D eigenvalue weighted by atomic mass is 9.89. The molecule has 0 aliphatic heterocycles. The Morgan fingerprint density at radius 2 is 2.04 bits per heavy atom. The lowest BCUT2D eigenvalue weighted by Gasteiger charge is -2.17. The maximum Gasteiger partial charge on any atom is 0.254 e. The molecule has 0 radical (unpaired) electrons. The number of nitrogens with zero attached hydrogens (tertiary/aromatic N) is 1. The van der Waals surface area contributed by atoms with Crippen molar-refractivity contribution >= 4 is 15.9 Å². The molecule has 1 heterocycles. The molecular formula is C18H14BrF2NO. The summed E-state index contributed by atoms with van der Waals surface area (Å²) in [6, 6.07) is 6.97. The third-order valence-electron chi connectivity index (χ3n) is 4.03. The van der Waals surface area contributed by atoms with Crippen molar-refractivity contribution in [2.75, 3.05) is 0 Å². The Kier molecular flexibility index (Phi) is 4.63. The van der Waals surface area contributed by atoms with E-state index in [2.05, 4.69) is 26.7 Å². The van der Waals surface area contributed by atoms with Crippen molar-refractivity contribution in [3.05, 3.63) is 69.6 Å². The van der Waals surface area contributed by atoms with Crippen LogP contribution in [0.25, 0.3) is 0 Å². The Labute approximate surface area is 141 Å². The summed E-state index contributed by atoms with van der Waals surface area (Å²) in [5, 5.41) is 0. The number of pyridine rings is 1. The van der Waals surface area contributed by atoms with E-state index in [1.54, 1.807) is 22.9 Å². The minimum Gasteiger partial charge on any atom is -0.312 e. The van der Waals surface area contributed by atoms with Crippen molar-refractivity contribution in [2.24, 2.45) is 0 Å². The molecule has 1 aromatic carbocycles. The van der Waals surface area contributed by atoms with Gasteiger partial charge in [0.1, 0.15) is 11.6 Å². The zero-order valence-electron chi connectivity index (χ0n) is 12.2. The SMILES string of the molecule is O=c1c(C(CC#CBr)c2cc(F)ccc2F)cccn1C1CC1. The lowest BCUT2D eigenvalue weighted by molar-refractivity contribution is 0.573. The fourth-order valence-corrected chi connectivity index (χ4v) is 2.90. The molecular weight excluding hydrogens is 364 g/mol. The third kappa shape index (κ3) is 3.37. The molecule has 0 N–H and O–H groups in total. The summed E-state index contributed by atoms with van der Waals surface area (Å²) in [4.78, 5) is 15.3. The van der Waals surface area contributed by atoms with Gasteiger partial charge >= 0.3 is 0 Å². The summed E-state index contributed by atoms with van der Waals surface area (Å²) >= 11 is 3.01. The number of benzene rings is 1. The molecule has 1 aliphatic carbocycles. The first-order valence-corrected chi connectivity index (χ1v) is 8.15. The Balaban J connectivity index is 2.12. The predicted molar refractivity (Wildman–Crippen MR) is 88.5 cm³/mol. The van der Waals surface area contributed by atoms with Gasteiger partial charge < -0.3 is 4.57 Å².